The third-order valence-electron chi connectivity index (χ3n) is 4.64. The minimum absolute atomic E-state index is 0.278. The van der Waals surface area contributed by atoms with E-state index in [1.807, 2.05) is 51.1 Å². The average molecular weight is 300 g/mol. The highest BCUT2D eigenvalue weighted by molar-refractivity contribution is 5.26. The van der Waals surface area contributed by atoms with Crippen molar-refractivity contribution in [2.75, 3.05) is 19.6 Å². The number of hydrogen-bond donors (Lipinski definition) is 1. The Hall–Kier alpha value is -1.07. The van der Waals surface area contributed by atoms with E-state index in [4.69, 9.17) is 0 Å². The summed E-state index contributed by atoms with van der Waals surface area (Å²) < 4.78 is 39.0. The van der Waals surface area contributed by atoms with Crippen LogP contribution >= 0.6 is 0 Å². The Balaban J connectivity index is 2.34. The number of alkyl halides is 3. The summed E-state index contributed by atoms with van der Waals surface area (Å²) >= 11 is 0. The summed E-state index contributed by atoms with van der Waals surface area (Å²) in [4.78, 5) is 1.57. The highest BCUT2D eigenvalue weighted by Gasteiger charge is 2.47. The summed E-state index contributed by atoms with van der Waals surface area (Å²) in [6, 6.07) is 9.44. The van der Waals surface area contributed by atoms with Gasteiger partial charge in [-0.2, -0.15) is 13.2 Å². The molecule has 5 heteroatoms. The van der Waals surface area contributed by atoms with Crippen LogP contribution in [0.2, 0.25) is 0 Å². The van der Waals surface area contributed by atoms with Gasteiger partial charge in [0.2, 0.25) is 0 Å². The predicted octanol–water partition coefficient (Wildman–Crippen LogP) is 3.54. The lowest BCUT2D eigenvalue weighted by Gasteiger charge is -2.52. The molecule has 1 saturated heterocycles. The Morgan fingerprint density at radius 1 is 1.19 bits per heavy atom. The van der Waals surface area contributed by atoms with E-state index in [0.717, 1.165) is 12.0 Å². The van der Waals surface area contributed by atoms with Crippen molar-refractivity contribution in [1.82, 2.24) is 10.2 Å². The SMILES string of the molecule is CCC1(C)CN(CC(F)(F)F)C(C)(c2ccccc2)CN1. The van der Waals surface area contributed by atoms with Crippen molar-refractivity contribution < 1.29 is 13.2 Å². The van der Waals surface area contributed by atoms with E-state index >= 15 is 0 Å². The number of hydrogen-bond acceptors (Lipinski definition) is 2. The number of benzene rings is 1. The number of halogens is 3. The van der Waals surface area contributed by atoms with Crippen LogP contribution in [0.25, 0.3) is 0 Å². The molecule has 1 aliphatic rings. The number of nitrogens with one attached hydrogen (secondary N) is 1. The Labute approximate surface area is 124 Å². The zero-order valence-electron chi connectivity index (χ0n) is 12.8. The fraction of sp³-hybridized carbons (Fsp3) is 0.625. The van der Waals surface area contributed by atoms with Crippen LogP contribution in [0.1, 0.15) is 32.8 Å². The van der Waals surface area contributed by atoms with Gasteiger partial charge in [-0.15, -0.1) is 0 Å². The van der Waals surface area contributed by atoms with Crippen LogP contribution in [0.3, 0.4) is 0 Å². The molecular weight excluding hydrogens is 277 g/mol. The zero-order chi connectivity index (χ0) is 15.7. The lowest BCUT2D eigenvalue weighted by molar-refractivity contribution is -0.167. The van der Waals surface area contributed by atoms with E-state index in [-0.39, 0.29) is 5.54 Å². The molecule has 2 unspecified atom stereocenters. The van der Waals surface area contributed by atoms with Gasteiger partial charge in [0.05, 0.1) is 12.1 Å². The second-order valence-corrected chi connectivity index (χ2v) is 6.38. The van der Waals surface area contributed by atoms with Crippen molar-refractivity contribution in [2.45, 2.75) is 44.4 Å². The molecule has 118 valence electrons. The van der Waals surface area contributed by atoms with Gasteiger partial charge >= 0.3 is 6.18 Å². The fourth-order valence-corrected chi connectivity index (χ4v) is 2.91. The molecule has 0 aromatic heterocycles. The molecule has 21 heavy (non-hydrogen) atoms. The van der Waals surface area contributed by atoms with Gasteiger partial charge in [-0.3, -0.25) is 4.90 Å². The lowest BCUT2D eigenvalue weighted by Crippen LogP contribution is -2.67. The van der Waals surface area contributed by atoms with Gasteiger partial charge in [0, 0.05) is 18.6 Å². The molecule has 0 aliphatic carbocycles. The van der Waals surface area contributed by atoms with E-state index in [0.29, 0.717) is 13.1 Å². The summed E-state index contributed by atoms with van der Waals surface area (Å²) in [6.45, 7) is 5.89. The smallest absolute Gasteiger partial charge is 0.308 e. The van der Waals surface area contributed by atoms with Crippen molar-refractivity contribution in [3.8, 4) is 0 Å². The third kappa shape index (κ3) is 3.58. The van der Waals surface area contributed by atoms with Gasteiger partial charge in [0.25, 0.3) is 0 Å². The first-order valence-electron chi connectivity index (χ1n) is 7.31. The van der Waals surface area contributed by atoms with Crippen LogP contribution in [-0.2, 0) is 5.54 Å². The monoisotopic (exact) mass is 300 g/mol. The quantitative estimate of drug-likeness (QED) is 0.918. The zero-order valence-corrected chi connectivity index (χ0v) is 12.8. The van der Waals surface area contributed by atoms with E-state index in [1.54, 1.807) is 4.90 Å². The maximum atomic E-state index is 13.0. The molecule has 1 aromatic rings. The molecule has 0 radical (unpaired) electrons. The van der Waals surface area contributed by atoms with Crippen molar-refractivity contribution in [3.63, 3.8) is 0 Å². The van der Waals surface area contributed by atoms with Crippen LogP contribution in [0, 0.1) is 0 Å². The van der Waals surface area contributed by atoms with Gasteiger partial charge < -0.3 is 5.32 Å². The van der Waals surface area contributed by atoms with Crippen LogP contribution in [0.15, 0.2) is 30.3 Å². The average Bonchev–Trinajstić information content (AvgIpc) is 2.43. The fourth-order valence-electron chi connectivity index (χ4n) is 2.91. The summed E-state index contributed by atoms with van der Waals surface area (Å²) in [7, 11) is 0. The van der Waals surface area contributed by atoms with Crippen molar-refractivity contribution in [2.24, 2.45) is 0 Å². The molecule has 0 saturated carbocycles. The first-order chi connectivity index (χ1) is 9.69. The van der Waals surface area contributed by atoms with Crippen molar-refractivity contribution in [3.05, 3.63) is 35.9 Å². The Morgan fingerprint density at radius 2 is 1.81 bits per heavy atom. The molecule has 2 rings (SSSR count). The molecule has 1 fully saturated rings. The highest BCUT2D eigenvalue weighted by Crippen LogP contribution is 2.36. The summed E-state index contributed by atoms with van der Waals surface area (Å²) in [5.41, 5.74) is -0.00902. The van der Waals surface area contributed by atoms with Gasteiger partial charge in [-0.25, -0.2) is 0 Å². The van der Waals surface area contributed by atoms with Crippen LogP contribution in [0.4, 0.5) is 13.2 Å². The lowest BCUT2D eigenvalue weighted by atomic mass is 9.82. The molecule has 1 N–H and O–H groups in total. The second kappa shape index (κ2) is 5.61. The molecule has 2 atom stereocenters. The molecule has 1 heterocycles. The molecule has 2 nitrogen and oxygen atoms in total. The van der Waals surface area contributed by atoms with Gasteiger partial charge in [-0.1, -0.05) is 37.3 Å². The predicted molar refractivity (Wildman–Crippen MR) is 78.1 cm³/mol. The Bertz CT molecular complexity index is 474. The maximum absolute atomic E-state index is 13.0. The van der Waals surface area contributed by atoms with E-state index < -0.39 is 18.3 Å². The van der Waals surface area contributed by atoms with Crippen LogP contribution in [0.5, 0.6) is 0 Å². The van der Waals surface area contributed by atoms with Crippen LogP contribution in [-0.4, -0.2) is 36.2 Å². The molecule has 0 bridgehead atoms. The Morgan fingerprint density at radius 3 is 2.33 bits per heavy atom. The van der Waals surface area contributed by atoms with Gasteiger partial charge in [0.15, 0.2) is 0 Å². The number of rotatable bonds is 3. The van der Waals surface area contributed by atoms with Gasteiger partial charge in [-0.05, 0) is 25.8 Å². The molecule has 1 aromatic carbocycles. The molecular formula is C16H23F3N2. The normalized spacial score (nSPS) is 31.3. The van der Waals surface area contributed by atoms with E-state index in [1.165, 1.54) is 0 Å². The summed E-state index contributed by atoms with van der Waals surface area (Å²) in [5, 5.41) is 3.44. The van der Waals surface area contributed by atoms with Crippen LogP contribution < -0.4 is 5.32 Å². The topological polar surface area (TPSA) is 15.3 Å². The standard InChI is InChI=1S/C16H23F3N2/c1-4-14(2)11-21(12-16(17,18)19)15(3,10-20-14)13-8-6-5-7-9-13/h5-9,20H,4,10-12H2,1-3H3. The summed E-state index contributed by atoms with van der Waals surface area (Å²) in [6.07, 6.45) is -3.39. The van der Waals surface area contributed by atoms with E-state index in [2.05, 4.69) is 5.32 Å². The second-order valence-electron chi connectivity index (χ2n) is 6.38. The van der Waals surface area contributed by atoms with Crippen molar-refractivity contribution >= 4 is 0 Å². The molecule has 1 aliphatic heterocycles. The molecule has 0 amide bonds. The third-order valence-corrected chi connectivity index (χ3v) is 4.64. The summed E-state index contributed by atoms with van der Waals surface area (Å²) in [5.74, 6) is 0. The van der Waals surface area contributed by atoms with E-state index in [9.17, 15) is 13.2 Å². The highest BCUT2D eigenvalue weighted by atomic mass is 19.4. The van der Waals surface area contributed by atoms with Crippen molar-refractivity contribution in [1.29, 1.82) is 0 Å². The largest absolute Gasteiger partial charge is 0.401 e. The maximum Gasteiger partial charge on any atom is 0.401 e. The Kier molecular flexibility index (Phi) is 4.36. The minimum atomic E-state index is -4.19. The number of nitrogens with zero attached hydrogens (tertiary/aromatic N) is 1. The first kappa shape index (κ1) is 16.3. The minimum Gasteiger partial charge on any atom is -0.308 e. The van der Waals surface area contributed by atoms with Gasteiger partial charge in [0.1, 0.15) is 0 Å². The molecule has 0 spiro atoms. The number of piperazine rings is 1. The first-order valence-corrected chi connectivity index (χ1v) is 7.31.